The van der Waals surface area contributed by atoms with Gasteiger partial charge in [-0.15, -0.1) is 12.4 Å². The normalized spacial score (nSPS) is 18.6. The Bertz CT molecular complexity index is 906. The van der Waals surface area contributed by atoms with Crippen LogP contribution < -0.4 is 10.6 Å². The van der Waals surface area contributed by atoms with Crippen molar-refractivity contribution in [3.05, 3.63) is 66.2 Å². The minimum absolute atomic E-state index is 0. The topological polar surface area (TPSA) is 76.8 Å². The first kappa shape index (κ1) is 20.1. The number of nitrogens with zero attached hydrogens (tertiary/aromatic N) is 4. The Balaban J connectivity index is 0.00000225. The van der Waals surface area contributed by atoms with Gasteiger partial charge in [-0.05, 0) is 23.8 Å². The van der Waals surface area contributed by atoms with E-state index < -0.39 is 0 Å². The van der Waals surface area contributed by atoms with E-state index in [-0.39, 0.29) is 30.2 Å². The standard InChI is InChI=1S/C20H24N6O.ClH/c1-25-14-15(11-23-25)18-12-21-13-19(18)20(27)22-9-7-16-8-10-26(24-16)17-5-3-2-4-6-17;/h2-6,8,10-11,14,18-19,21H,7,9,12-13H2,1H3,(H,22,27);1H/t18-,19+;/m1./s1. The van der Waals surface area contributed by atoms with Gasteiger partial charge in [-0.1, -0.05) is 18.2 Å². The van der Waals surface area contributed by atoms with Crippen molar-refractivity contribution in [2.45, 2.75) is 12.3 Å². The fourth-order valence-electron chi connectivity index (χ4n) is 3.60. The third kappa shape index (κ3) is 4.43. The summed E-state index contributed by atoms with van der Waals surface area (Å²) >= 11 is 0. The first-order valence-electron chi connectivity index (χ1n) is 9.27. The van der Waals surface area contributed by atoms with Gasteiger partial charge in [0.05, 0.1) is 23.5 Å². The van der Waals surface area contributed by atoms with Gasteiger partial charge in [0, 0.05) is 51.4 Å². The van der Waals surface area contributed by atoms with Crippen LogP contribution in [0.3, 0.4) is 0 Å². The molecule has 8 heteroatoms. The maximum atomic E-state index is 12.6. The van der Waals surface area contributed by atoms with Crippen molar-refractivity contribution in [1.82, 2.24) is 30.2 Å². The van der Waals surface area contributed by atoms with Gasteiger partial charge in [0.15, 0.2) is 0 Å². The Labute approximate surface area is 170 Å². The quantitative estimate of drug-likeness (QED) is 0.660. The van der Waals surface area contributed by atoms with Gasteiger partial charge in [-0.25, -0.2) is 4.68 Å². The number of aryl methyl sites for hydroxylation is 1. The van der Waals surface area contributed by atoms with Crippen LogP contribution in [-0.4, -0.2) is 45.1 Å². The summed E-state index contributed by atoms with van der Waals surface area (Å²) in [7, 11) is 1.90. The molecule has 1 amide bonds. The first-order chi connectivity index (χ1) is 13.2. The van der Waals surface area contributed by atoms with Crippen LogP contribution in [0.1, 0.15) is 17.2 Å². The largest absolute Gasteiger partial charge is 0.355 e. The highest BCUT2D eigenvalue weighted by atomic mass is 35.5. The number of amides is 1. The van der Waals surface area contributed by atoms with Crippen LogP contribution in [0.4, 0.5) is 0 Å². The van der Waals surface area contributed by atoms with Crippen LogP contribution in [0.15, 0.2) is 55.0 Å². The molecule has 0 spiro atoms. The van der Waals surface area contributed by atoms with E-state index >= 15 is 0 Å². The van der Waals surface area contributed by atoms with Crippen molar-refractivity contribution >= 4 is 18.3 Å². The van der Waals surface area contributed by atoms with Gasteiger partial charge in [0.1, 0.15) is 0 Å². The first-order valence-corrected chi connectivity index (χ1v) is 9.27. The van der Waals surface area contributed by atoms with E-state index in [1.54, 1.807) is 4.68 Å². The Kier molecular flexibility index (Phi) is 6.49. The summed E-state index contributed by atoms with van der Waals surface area (Å²) in [6, 6.07) is 12.0. The molecular formula is C20H25ClN6O. The molecule has 0 unspecified atom stereocenters. The zero-order chi connectivity index (χ0) is 18.6. The number of aromatic nitrogens is 4. The minimum Gasteiger partial charge on any atom is -0.355 e. The molecule has 0 saturated carbocycles. The molecule has 1 aliphatic heterocycles. The maximum absolute atomic E-state index is 12.6. The number of halogens is 1. The van der Waals surface area contributed by atoms with Crippen LogP contribution in [0.5, 0.6) is 0 Å². The summed E-state index contributed by atoms with van der Waals surface area (Å²) in [5.41, 5.74) is 3.11. The molecule has 1 aromatic carbocycles. The molecule has 0 aliphatic carbocycles. The highest BCUT2D eigenvalue weighted by Crippen LogP contribution is 2.27. The highest BCUT2D eigenvalue weighted by Gasteiger charge is 2.34. The van der Waals surface area contributed by atoms with Gasteiger partial charge in [0.25, 0.3) is 0 Å². The van der Waals surface area contributed by atoms with Crippen LogP contribution in [0.2, 0.25) is 0 Å². The lowest BCUT2D eigenvalue weighted by molar-refractivity contribution is -0.124. The zero-order valence-corrected chi connectivity index (χ0v) is 16.6. The molecule has 2 N–H and O–H groups in total. The summed E-state index contributed by atoms with van der Waals surface area (Å²) in [5.74, 6) is 0.211. The Morgan fingerprint density at radius 2 is 2.07 bits per heavy atom. The van der Waals surface area contributed by atoms with Crippen molar-refractivity contribution < 1.29 is 4.79 Å². The second kappa shape index (κ2) is 9.03. The summed E-state index contributed by atoms with van der Waals surface area (Å²) in [6.07, 6.45) is 6.51. The average Bonchev–Trinajstić information content (AvgIpc) is 3.42. The third-order valence-electron chi connectivity index (χ3n) is 5.05. The molecule has 1 saturated heterocycles. The predicted molar refractivity (Wildman–Crippen MR) is 110 cm³/mol. The molecule has 28 heavy (non-hydrogen) atoms. The average molecular weight is 401 g/mol. The lowest BCUT2D eigenvalue weighted by atomic mass is 9.90. The number of carbonyl (C=O) groups excluding carboxylic acids is 1. The van der Waals surface area contributed by atoms with E-state index in [0.717, 1.165) is 23.5 Å². The molecule has 4 rings (SSSR count). The smallest absolute Gasteiger partial charge is 0.225 e. The summed E-state index contributed by atoms with van der Waals surface area (Å²) in [6.45, 7) is 2.10. The molecule has 0 bridgehead atoms. The Morgan fingerprint density at radius 3 is 2.82 bits per heavy atom. The number of hydrogen-bond acceptors (Lipinski definition) is 4. The van der Waals surface area contributed by atoms with Crippen LogP contribution in [0.25, 0.3) is 5.69 Å². The number of rotatable bonds is 6. The van der Waals surface area contributed by atoms with E-state index in [1.807, 2.05) is 66.7 Å². The molecule has 0 radical (unpaired) electrons. The minimum atomic E-state index is -0.0592. The maximum Gasteiger partial charge on any atom is 0.225 e. The Morgan fingerprint density at radius 1 is 1.25 bits per heavy atom. The molecule has 7 nitrogen and oxygen atoms in total. The third-order valence-corrected chi connectivity index (χ3v) is 5.05. The van der Waals surface area contributed by atoms with Crippen LogP contribution in [-0.2, 0) is 18.3 Å². The van der Waals surface area contributed by atoms with Crippen molar-refractivity contribution in [3.8, 4) is 5.69 Å². The highest BCUT2D eigenvalue weighted by molar-refractivity contribution is 5.85. The number of nitrogens with one attached hydrogen (secondary N) is 2. The number of benzene rings is 1. The fraction of sp³-hybridized carbons (Fsp3) is 0.350. The molecular weight excluding hydrogens is 376 g/mol. The number of hydrogen-bond donors (Lipinski definition) is 2. The molecule has 3 aromatic rings. The van der Waals surface area contributed by atoms with E-state index in [0.29, 0.717) is 19.5 Å². The molecule has 148 valence electrons. The number of carbonyl (C=O) groups is 1. The second-order valence-electron chi connectivity index (χ2n) is 6.95. The van der Waals surface area contributed by atoms with Crippen molar-refractivity contribution in [1.29, 1.82) is 0 Å². The van der Waals surface area contributed by atoms with Gasteiger partial charge in [0.2, 0.25) is 5.91 Å². The predicted octanol–water partition coefficient (Wildman–Crippen LogP) is 1.69. The summed E-state index contributed by atoms with van der Waals surface area (Å²) in [5, 5.41) is 15.2. The van der Waals surface area contributed by atoms with E-state index in [2.05, 4.69) is 20.8 Å². The molecule has 1 aliphatic rings. The van der Waals surface area contributed by atoms with Crippen molar-refractivity contribution in [2.24, 2.45) is 13.0 Å². The van der Waals surface area contributed by atoms with Gasteiger partial charge < -0.3 is 10.6 Å². The molecule has 3 heterocycles. The van der Waals surface area contributed by atoms with Crippen molar-refractivity contribution in [2.75, 3.05) is 19.6 Å². The van der Waals surface area contributed by atoms with E-state index in [9.17, 15) is 4.79 Å². The van der Waals surface area contributed by atoms with Crippen molar-refractivity contribution in [3.63, 3.8) is 0 Å². The number of para-hydroxylation sites is 1. The van der Waals surface area contributed by atoms with Crippen LogP contribution in [0, 0.1) is 5.92 Å². The Hall–Kier alpha value is -2.64. The SMILES string of the molecule is Cl.Cn1cc([C@H]2CNC[C@@H]2C(=O)NCCc2ccn(-c3ccccc3)n2)cn1. The van der Waals surface area contributed by atoms with Gasteiger partial charge >= 0.3 is 0 Å². The fourth-order valence-corrected chi connectivity index (χ4v) is 3.60. The zero-order valence-electron chi connectivity index (χ0n) is 15.8. The van der Waals surface area contributed by atoms with E-state index in [1.165, 1.54) is 0 Å². The molecule has 1 fully saturated rings. The van der Waals surface area contributed by atoms with Gasteiger partial charge in [-0.2, -0.15) is 10.2 Å². The monoisotopic (exact) mass is 400 g/mol. The lowest BCUT2D eigenvalue weighted by Gasteiger charge is -2.16. The molecule has 2 atom stereocenters. The van der Waals surface area contributed by atoms with E-state index in [4.69, 9.17) is 0 Å². The summed E-state index contributed by atoms with van der Waals surface area (Å²) in [4.78, 5) is 12.6. The van der Waals surface area contributed by atoms with Gasteiger partial charge in [-0.3, -0.25) is 9.48 Å². The van der Waals surface area contributed by atoms with Crippen LogP contribution >= 0.6 is 12.4 Å². The second-order valence-corrected chi connectivity index (χ2v) is 6.95. The molecule has 2 aromatic heterocycles. The summed E-state index contributed by atoms with van der Waals surface area (Å²) < 4.78 is 3.64. The lowest BCUT2D eigenvalue weighted by Crippen LogP contribution is -2.35.